The molecule has 18 heavy (non-hydrogen) atoms. The maximum atomic E-state index is 11.9. The lowest BCUT2D eigenvalue weighted by Crippen LogP contribution is -2.63. The number of hydrogen-bond donors (Lipinski definition) is 0. The first-order valence-electron chi connectivity index (χ1n) is 6.56. The summed E-state index contributed by atoms with van der Waals surface area (Å²) in [6.45, 7) is 3.26. The molecule has 0 N–H and O–H groups in total. The van der Waals surface area contributed by atoms with E-state index in [4.69, 9.17) is 4.74 Å². The van der Waals surface area contributed by atoms with Crippen molar-refractivity contribution in [2.24, 2.45) is 0 Å². The highest BCUT2D eigenvalue weighted by molar-refractivity contribution is 5.86. The van der Waals surface area contributed by atoms with Gasteiger partial charge in [0.15, 0.2) is 6.10 Å². The van der Waals surface area contributed by atoms with Crippen molar-refractivity contribution in [3.63, 3.8) is 0 Å². The molecule has 2 aliphatic rings. The van der Waals surface area contributed by atoms with Crippen LogP contribution in [0.25, 0.3) is 0 Å². The molecule has 2 fully saturated rings. The fourth-order valence-electron chi connectivity index (χ4n) is 2.47. The summed E-state index contributed by atoms with van der Waals surface area (Å²) in [4.78, 5) is 11.9. The van der Waals surface area contributed by atoms with Crippen LogP contribution in [0.3, 0.4) is 0 Å². The topological polar surface area (TPSA) is 32.8 Å². The molecule has 2 aliphatic heterocycles. The normalized spacial score (nSPS) is 24.3. The first-order valence-corrected chi connectivity index (χ1v) is 6.56. The van der Waals surface area contributed by atoms with Crippen molar-refractivity contribution in [3.8, 4) is 0 Å². The lowest BCUT2D eigenvalue weighted by atomic mass is 10.2. The smallest absolute Gasteiger partial charge is 0.268 e. The summed E-state index contributed by atoms with van der Waals surface area (Å²) < 4.78 is 5.65. The number of amides is 1. The highest BCUT2D eigenvalue weighted by Crippen LogP contribution is 2.21. The molecule has 2 saturated heterocycles. The Morgan fingerprint density at radius 2 is 1.89 bits per heavy atom. The number of hydrogen-bond acceptors (Lipinski definition) is 3. The van der Waals surface area contributed by atoms with Crippen molar-refractivity contribution < 1.29 is 9.53 Å². The van der Waals surface area contributed by atoms with Crippen molar-refractivity contribution >= 4 is 5.91 Å². The number of hydrazine groups is 1. The van der Waals surface area contributed by atoms with Crippen LogP contribution in [-0.4, -0.2) is 41.7 Å². The number of rotatable bonds is 4. The summed E-state index contributed by atoms with van der Waals surface area (Å²) in [7, 11) is 0. The fourth-order valence-corrected chi connectivity index (χ4v) is 2.47. The van der Waals surface area contributed by atoms with E-state index < -0.39 is 0 Å². The minimum absolute atomic E-state index is 0.118. The van der Waals surface area contributed by atoms with E-state index in [0.717, 1.165) is 18.7 Å². The zero-order valence-electron chi connectivity index (χ0n) is 10.4. The Labute approximate surface area is 107 Å². The molecule has 1 amide bonds. The van der Waals surface area contributed by atoms with E-state index in [1.54, 1.807) is 0 Å². The predicted molar refractivity (Wildman–Crippen MR) is 67.5 cm³/mol. The summed E-state index contributed by atoms with van der Waals surface area (Å²) in [5, 5.41) is 3.98. The molecule has 1 unspecified atom stereocenters. The molecule has 0 aliphatic carbocycles. The Morgan fingerprint density at radius 3 is 2.56 bits per heavy atom. The van der Waals surface area contributed by atoms with Crippen LogP contribution in [0, 0.1) is 0 Å². The third-order valence-corrected chi connectivity index (χ3v) is 3.59. The van der Waals surface area contributed by atoms with Gasteiger partial charge < -0.3 is 4.74 Å². The van der Waals surface area contributed by atoms with Crippen LogP contribution in [0.2, 0.25) is 0 Å². The molecule has 3 rings (SSSR count). The van der Waals surface area contributed by atoms with Crippen LogP contribution in [0.1, 0.15) is 18.4 Å². The van der Waals surface area contributed by atoms with E-state index in [2.05, 4.69) is 5.01 Å². The molecule has 96 valence electrons. The second-order valence-electron chi connectivity index (χ2n) is 4.87. The van der Waals surface area contributed by atoms with Gasteiger partial charge in [0, 0.05) is 13.1 Å². The molecular formula is C14H18N2O2. The van der Waals surface area contributed by atoms with E-state index in [-0.39, 0.29) is 12.0 Å². The van der Waals surface area contributed by atoms with Gasteiger partial charge >= 0.3 is 0 Å². The SMILES string of the molecule is O=C1C(OCc2ccccc2)CN1N1CCCC1. The van der Waals surface area contributed by atoms with E-state index in [0.29, 0.717) is 13.2 Å². The summed E-state index contributed by atoms with van der Waals surface area (Å²) in [5.41, 5.74) is 1.12. The van der Waals surface area contributed by atoms with Crippen molar-refractivity contribution in [1.82, 2.24) is 10.0 Å². The number of benzene rings is 1. The van der Waals surface area contributed by atoms with E-state index in [9.17, 15) is 4.79 Å². The number of carbonyl (C=O) groups is 1. The average Bonchev–Trinajstić information content (AvgIpc) is 2.92. The first kappa shape index (κ1) is 11.7. The molecule has 0 radical (unpaired) electrons. The summed E-state index contributed by atoms with van der Waals surface area (Å²) in [6.07, 6.45) is 2.14. The van der Waals surface area contributed by atoms with Gasteiger partial charge in [0.05, 0.1) is 13.2 Å². The third-order valence-electron chi connectivity index (χ3n) is 3.59. The lowest BCUT2D eigenvalue weighted by molar-refractivity contribution is -0.190. The number of ether oxygens (including phenoxy) is 1. The average molecular weight is 246 g/mol. The van der Waals surface area contributed by atoms with Crippen LogP contribution in [0.4, 0.5) is 0 Å². The monoisotopic (exact) mass is 246 g/mol. The molecule has 0 saturated carbocycles. The maximum Gasteiger partial charge on any atom is 0.268 e. The number of nitrogens with zero attached hydrogens (tertiary/aromatic N) is 2. The van der Waals surface area contributed by atoms with Crippen LogP contribution >= 0.6 is 0 Å². The highest BCUT2D eigenvalue weighted by Gasteiger charge is 2.41. The Kier molecular flexibility index (Phi) is 3.30. The second kappa shape index (κ2) is 5.08. The van der Waals surface area contributed by atoms with Gasteiger partial charge in [-0.2, -0.15) is 0 Å². The molecule has 0 bridgehead atoms. The minimum Gasteiger partial charge on any atom is -0.362 e. The molecule has 4 heteroatoms. The van der Waals surface area contributed by atoms with Gasteiger partial charge in [-0.1, -0.05) is 30.3 Å². The summed E-state index contributed by atoms with van der Waals surface area (Å²) >= 11 is 0. The zero-order valence-corrected chi connectivity index (χ0v) is 10.4. The van der Waals surface area contributed by atoms with Gasteiger partial charge in [0.1, 0.15) is 0 Å². The van der Waals surface area contributed by atoms with Crippen LogP contribution < -0.4 is 0 Å². The van der Waals surface area contributed by atoms with Gasteiger partial charge in [0.25, 0.3) is 5.91 Å². The first-order chi connectivity index (χ1) is 8.84. The maximum absolute atomic E-state index is 11.9. The van der Waals surface area contributed by atoms with Crippen molar-refractivity contribution in [3.05, 3.63) is 35.9 Å². The largest absolute Gasteiger partial charge is 0.362 e. The summed E-state index contributed by atoms with van der Waals surface area (Å²) in [5.74, 6) is 0.118. The van der Waals surface area contributed by atoms with E-state index in [1.807, 2.05) is 35.3 Å². The van der Waals surface area contributed by atoms with Gasteiger partial charge in [-0.25, -0.2) is 5.01 Å². The standard InChI is InChI=1S/C14H18N2O2/c17-14-13(10-16(14)15-8-4-5-9-15)18-11-12-6-2-1-3-7-12/h1-3,6-7,13H,4-5,8-11H2. The second-order valence-corrected chi connectivity index (χ2v) is 4.87. The van der Waals surface area contributed by atoms with E-state index in [1.165, 1.54) is 12.8 Å². The predicted octanol–water partition coefficient (Wildman–Crippen LogP) is 1.42. The number of carbonyl (C=O) groups excluding carboxylic acids is 1. The van der Waals surface area contributed by atoms with Crippen molar-refractivity contribution in [1.29, 1.82) is 0 Å². The zero-order chi connectivity index (χ0) is 12.4. The third kappa shape index (κ3) is 2.26. The summed E-state index contributed by atoms with van der Waals surface area (Å²) in [6, 6.07) is 9.98. The van der Waals surface area contributed by atoms with Gasteiger partial charge in [0.2, 0.25) is 0 Å². The van der Waals surface area contributed by atoms with Crippen molar-refractivity contribution in [2.75, 3.05) is 19.6 Å². The van der Waals surface area contributed by atoms with Gasteiger partial charge in [-0.3, -0.25) is 9.80 Å². The molecule has 0 spiro atoms. The van der Waals surface area contributed by atoms with Crippen molar-refractivity contribution in [2.45, 2.75) is 25.6 Å². The molecule has 2 heterocycles. The molecule has 4 nitrogen and oxygen atoms in total. The van der Waals surface area contributed by atoms with Crippen LogP contribution in [0.15, 0.2) is 30.3 Å². The Morgan fingerprint density at radius 1 is 1.17 bits per heavy atom. The molecule has 0 aromatic heterocycles. The van der Waals surface area contributed by atoms with Crippen LogP contribution in [-0.2, 0) is 16.1 Å². The molecule has 1 atom stereocenters. The fraction of sp³-hybridized carbons (Fsp3) is 0.500. The van der Waals surface area contributed by atoms with Crippen LogP contribution in [0.5, 0.6) is 0 Å². The quantitative estimate of drug-likeness (QED) is 0.753. The Hall–Kier alpha value is -1.39. The van der Waals surface area contributed by atoms with E-state index >= 15 is 0 Å². The minimum atomic E-state index is -0.245. The lowest BCUT2D eigenvalue weighted by Gasteiger charge is -2.43. The molecule has 1 aromatic carbocycles. The molecular weight excluding hydrogens is 228 g/mol. The molecule has 1 aromatic rings. The Balaban J connectivity index is 1.47. The Bertz CT molecular complexity index is 415. The highest BCUT2D eigenvalue weighted by atomic mass is 16.5. The van der Waals surface area contributed by atoms with Gasteiger partial charge in [-0.15, -0.1) is 0 Å². The number of β-lactam (4-membered cyclic amide) rings is 1. The van der Waals surface area contributed by atoms with Gasteiger partial charge in [-0.05, 0) is 18.4 Å².